The number of ketones is 1. The summed E-state index contributed by atoms with van der Waals surface area (Å²) in [6, 6.07) is 8.25. The summed E-state index contributed by atoms with van der Waals surface area (Å²) in [5, 5.41) is 17.1. The molecule has 1 aliphatic carbocycles. The van der Waals surface area contributed by atoms with E-state index in [1.165, 1.54) is 19.1 Å². The number of carbonyl (C=O) groups excluding carboxylic acids is 2. The van der Waals surface area contributed by atoms with E-state index in [0.717, 1.165) is 23.6 Å². The Morgan fingerprint density at radius 3 is 2.33 bits per heavy atom. The van der Waals surface area contributed by atoms with Crippen LogP contribution >= 0.6 is 0 Å². The second-order valence-corrected chi connectivity index (χ2v) is 11.9. The first-order valence-corrected chi connectivity index (χ1v) is 12.5. The number of fused-ring (bicyclic) bond motifs is 1. The van der Waals surface area contributed by atoms with E-state index in [9.17, 15) is 23.5 Å². The van der Waals surface area contributed by atoms with Crippen LogP contribution in [-0.2, 0) is 17.6 Å². The van der Waals surface area contributed by atoms with E-state index in [-0.39, 0.29) is 36.1 Å². The predicted molar refractivity (Wildman–Crippen MR) is 137 cm³/mol. The fourth-order valence-electron chi connectivity index (χ4n) is 5.02. The third-order valence-corrected chi connectivity index (χ3v) is 6.60. The van der Waals surface area contributed by atoms with Crippen molar-refractivity contribution in [1.82, 2.24) is 10.6 Å². The third kappa shape index (κ3) is 7.20. The number of carbonyl (C=O) groups is 2. The zero-order chi connectivity index (χ0) is 26.8. The largest absolute Gasteiger partial charge is 0.390 e. The Balaban J connectivity index is 1.82. The first kappa shape index (κ1) is 27.9. The molecule has 7 heteroatoms. The van der Waals surface area contributed by atoms with E-state index in [1.54, 1.807) is 0 Å². The van der Waals surface area contributed by atoms with Crippen LogP contribution < -0.4 is 10.6 Å². The van der Waals surface area contributed by atoms with Crippen LogP contribution in [0.25, 0.3) is 0 Å². The normalized spacial score (nSPS) is 18.9. The molecule has 0 aliphatic heterocycles. The lowest BCUT2D eigenvalue weighted by Gasteiger charge is -2.37. The molecule has 0 fully saturated rings. The van der Waals surface area contributed by atoms with Crippen molar-refractivity contribution in [2.75, 3.05) is 6.54 Å². The molecule has 0 spiro atoms. The Kier molecular flexibility index (Phi) is 8.36. The summed E-state index contributed by atoms with van der Waals surface area (Å²) < 4.78 is 27.4. The molecule has 0 bridgehead atoms. The minimum atomic E-state index is -1.03. The highest BCUT2D eigenvalue weighted by molar-refractivity contribution is 6.02. The zero-order valence-electron chi connectivity index (χ0n) is 22.0. The van der Waals surface area contributed by atoms with Crippen LogP contribution in [0.3, 0.4) is 0 Å². The topological polar surface area (TPSA) is 78.4 Å². The molecule has 0 saturated carbocycles. The number of Topliss-reactive ketones (excluding diaryl/α,β-unsaturated/α-hetero) is 1. The van der Waals surface area contributed by atoms with Gasteiger partial charge < -0.3 is 15.7 Å². The molecule has 0 saturated heterocycles. The van der Waals surface area contributed by atoms with Crippen molar-refractivity contribution in [2.45, 2.75) is 79.0 Å². The molecule has 196 valence electrons. The first-order valence-electron chi connectivity index (χ1n) is 12.5. The van der Waals surface area contributed by atoms with E-state index in [0.29, 0.717) is 17.5 Å². The van der Waals surface area contributed by atoms with Gasteiger partial charge in [-0.05, 0) is 53.5 Å². The van der Waals surface area contributed by atoms with Crippen molar-refractivity contribution in [2.24, 2.45) is 10.8 Å². The molecule has 2 unspecified atom stereocenters. The van der Waals surface area contributed by atoms with Gasteiger partial charge in [0.2, 0.25) is 5.91 Å². The van der Waals surface area contributed by atoms with Gasteiger partial charge >= 0.3 is 0 Å². The summed E-state index contributed by atoms with van der Waals surface area (Å²) in [5.74, 6) is -1.67. The highest BCUT2D eigenvalue weighted by atomic mass is 19.1. The number of amides is 1. The Morgan fingerprint density at radius 2 is 1.75 bits per heavy atom. The second-order valence-electron chi connectivity index (χ2n) is 11.9. The van der Waals surface area contributed by atoms with Gasteiger partial charge in [-0.25, -0.2) is 8.78 Å². The van der Waals surface area contributed by atoms with Crippen LogP contribution in [0.5, 0.6) is 0 Å². The first-order chi connectivity index (χ1) is 16.6. The van der Waals surface area contributed by atoms with Gasteiger partial charge in [0.25, 0.3) is 0 Å². The standard InChI is InChI=1S/C29H38F2N2O3/c1-17(34)33-24(12-19-9-20(30)13-21(31)10-19)26(35)16-32-25-15-29(5,6)27(36)22-8-7-18(11-23(22)25)14-28(2,3)4/h7-11,13,24-26,32,35H,12,14-16H2,1-6H3,(H,33,34)/t24?,25-,26?/m0/s1. The Labute approximate surface area is 212 Å². The number of nitrogens with one attached hydrogen (secondary N) is 2. The summed E-state index contributed by atoms with van der Waals surface area (Å²) in [6.07, 6.45) is 0.465. The molecule has 36 heavy (non-hydrogen) atoms. The number of hydrogen-bond donors (Lipinski definition) is 3. The van der Waals surface area contributed by atoms with Gasteiger partial charge in [-0.2, -0.15) is 0 Å². The third-order valence-electron chi connectivity index (χ3n) is 6.60. The fourth-order valence-corrected chi connectivity index (χ4v) is 5.02. The van der Waals surface area contributed by atoms with E-state index in [1.807, 2.05) is 26.0 Å². The smallest absolute Gasteiger partial charge is 0.217 e. The maximum Gasteiger partial charge on any atom is 0.217 e. The van der Waals surface area contributed by atoms with Crippen LogP contribution in [0.2, 0.25) is 0 Å². The van der Waals surface area contributed by atoms with Crippen LogP contribution in [0.1, 0.15) is 81.1 Å². The van der Waals surface area contributed by atoms with Gasteiger partial charge in [0, 0.05) is 36.6 Å². The number of halogens is 2. The van der Waals surface area contributed by atoms with Crippen LogP contribution in [0.15, 0.2) is 36.4 Å². The quantitative estimate of drug-likeness (QED) is 0.482. The lowest BCUT2D eigenvalue weighted by molar-refractivity contribution is -0.120. The monoisotopic (exact) mass is 500 g/mol. The van der Waals surface area contributed by atoms with Gasteiger partial charge in [0.05, 0.1) is 12.1 Å². The van der Waals surface area contributed by atoms with Crippen molar-refractivity contribution < 1.29 is 23.5 Å². The lowest BCUT2D eigenvalue weighted by Crippen LogP contribution is -2.49. The molecule has 0 radical (unpaired) electrons. The van der Waals surface area contributed by atoms with E-state index in [4.69, 9.17) is 0 Å². The average Bonchev–Trinajstić information content (AvgIpc) is 2.72. The zero-order valence-corrected chi connectivity index (χ0v) is 22.0. The minimum absolute atomic E-state index is 0.0675. The summed E-state index contributed by atoms with van der Waals surface area (Å²) in [4.78, 5) is 24.9. The Morgan fingerprint density at radius 1 is 1.11 bits per heavy atom. The van der Waals surface area contributed by atoms with Crippen LogP contribution in [0, 0.1) is 22.5 Å². The number of hydrogen-bond acceptors (Lipinski definition) is 4. The maximum absolute atomic E-state index is 13.7. The number of aliphatic hydroxyl groups is 1. The van der Waals surface area contributed by atoms with E-state index < -0.39 is 29.2 Å². The molecule has 0 heterocycles. The van der Waals surface area contributed by atoms with Crippen LogP contribution in [0.4, 0.5) is 8.78 Å². The summed E-state index contributed by atoms with van der Waals surface area (Å²) in [5.41, 5.74) is 2.60. The van der Waals surface area contributed by atoms with Gasteiger partial charge in [-0.3, -0.25) is 9.59 Å². The molecular formula is C29H38F2N2O3. The minimum Gasteiger partial charge on any atom is -0.390 e. The molecule has 3 rings (SSSR count). The van der Waals surface area contributed by atoms with Crippen molar-refractivity contribution in [3.05, 3.63) is 70.3 Å². The molecule has 3 N–H and O–H groups in total. The number of aliphatic hydroxyl groups excluding tert-OH is 1. The van der Waals surface area contributed by atoms with Crippen molar-refractivity contribution in [1.29, 1.82) is 0 Å². The molecule has 1 amide bonds. The van der Waals surface area contributed by atoms with Gasteiger partial charge in [-0.15, -0.1) is 0 Å². The van der Waals surface area contributed by atoms with Gasteiger partial charge in [0.1, 0.15) is 11.6 Å². The highest BCUT2D eigenvalue weighted by Crippen LogP contribution is 2.41. The van der Waals surface area contributed by atoms with Gasteiger partial charge in [-0.1, -0.05) is 52.8 Å². The van der Waals surface area contributed by atoms with Crippen molar-refractivity contribution in [3.8, 4) is 0 Å². The summed E-state index contributed by atoms with van der Waals surface area (Å²) in [6.45, 7) is 11.8. The fraction of sp³-hybridized carbons (Fsp3) is 0.517. The van der Waals surface area contributed by atoms with E-state index in [2.05, 4.69) is 37.5 Å². The Hall–Kier alpha value is -2.64. The predicted octanol–water partition coefficient (Wildman–Crippen LogP) is 4.91. The highest BCUT2D eigenvalue weighted by Gasteiger charge is 2.39. The van der Waals surface area contributed by atoms with Crippen LogP contribution in [-0.4, -0.2) is 35.5 Å². The molecule has 2 aromatic carbocycles. The average molecular weight is 501 g/mol. The molecule has 5 nitrogen and oxygen atoms in total. The lowest BCUT2D eigenvalue weighted by atomic mass is 9.70. The second kappa shape index (κ2) is 10.8. The molecule has 2 aromatic rings. The molecule has 1 aliphatic rings. The summed E-state index contributed by atoms with van der Waals surface area (Å²) in [7, 11) is 0. The summed E-state index contributed by atoms with van der Waals surface area (Å²) >= 11 is 0. The molecular weight excluding hydrogens is 462 g/mol. The number of rotatable bonds is 8. The van der Waals surface area contributed by atoms with Crippen molar-refractivity contribution in [3.63, 3.8) is 0 Å². The van der Waals surface area contributed by atoms with Crippen molar-refractivity contribution >= 4 is 11.7 Å². The molecule has 3 atom stereocenters. The SMILES string of the molecule is CC(=O)NC(Cc1cc(F)cc(F)c1)C(O)CN[C@H]1CC(C)(C)C(=O)c2ccc(CC(C)(C)C)cc21. The van der Waals surface area contributed by atoms with Gasteiger partial charge in [0.15, 0.2) is 5.78 Å². The number of benzene rings is 2. The Bertz CT molecular complexity index is 1100. The van der Waals surface area contributed by atoms with E-state index >= 15 is 0 Å². The maximum atomic E-state index is 13.7. The molecule has 0 aromatic heterocycles.